The zero-order valence-electron chi connectivity index (χ0n) is 19.0. The minimum Gasteiger partial charge on any atom is -0.492 e. The minimum atomic E-state index is -0.604. The highest BCUT2D eigenvalue weighted by molar-refractivity contribution is 6.65. The molecule has 1 atom stereocenters. The standard InChI is InChI=1S/C21H32BClN2O5/c1-19(2,3)28-18(26)25-9-8-14(12-25)13-27-15-10-16(17(23)24-11-15)22-29-20(4,5)21(6,7)30-22/h10-11,14H,8-9,12-13H2,1-7H3. The van der Waals surface area contributed by atoms with E-state index in [0.29, 0.717) is 36.1 Å². The second kappa shape index (κ2) is 8.21. The second-order valence-corrected chi connectivity index (χ2v) is 10.4. The van der Waals surface area contributed by atoms with Crippen molar-refractivity contribution in [1.29, 1.82) is 0 Å². The van der Waals surface area contributed by atoms with E-state index in [1.165, 1.54) is 0 Å². The van der Waals surface area contributed by atoms with Crippen LogP contribution >= 0.6 is 11.6 Å². The Bertz CT molecular complexity index is 780. The average molecular weight is 439 g/mol. The molecule has 0 radical (unpaired) electrons. The minimum absolute atomic E-state index is 0.230. The molecule has 7 nitrogen and oxygen atoms in total. The van der Waals surface area contributed by atoms with Crippen LogP contribution in [0.5, 0.6) is 5.75 Å². The van der Waals surface area contributed by atoms with Crippen molar-refractivity contribution < 1.29 is 23.6 Å². The molecule has 1 amide bonds. The normalized spacial score (nSPS) is 23.0. The van der Waals surface area contributed by atoms with Crippen LogP contribution in [0.4, 0.5) is 4.79 Å². The lowest BCUT2D eigenvalue weighted by atomic mass is 9.80. The van der Waals surface area contributed by atoms with Crippen LogP contribution in [-0.4, -0.2) is 59.6 Å². The number of ether oxygens (including phenoxy) is 2. The number of nitrogens with zero attached hydrogens (tertiary/aromatic N) is 2. The number of hydrogen-bond acceptors (Lipinski definition) is 6. The third kappa shape index (κ3) is 5.21. The van der Waals surface area contributed by atoms with E-state index in [1.54, 1.807) is 11.1 Å². The van der Waals surface area contributed by atoms with Gasteiger partial charge in [0, 0.05) is 24.5 Å². The molecule has 166 valence electrons. The summed E-state index contributed by atoms with van der Waals surface area (Å²) in [6, 6.07) is 1.82. The second-order valence-electron chi connectivity index (χ2n) is 10.0. The molecule has 1 unspecified atom stereocenters. The molecular formula is C21H32BClN2O5. The van der Waals surface area contributed by atoms with E-state index in [4.69, 9.17) is 30.4 Å². The fourth-order valence-electron chi connectivity index (χ4n) is 3.33. The Hall–Kier alpha value is -1.51. The van der Waals surface area contributed by atoms with Gasteiger partial charge >= 0.3 is 13.2 Å². The molecule has 0 aromatic carbocycles. The van der Waals surface area contributed by atoms with Crippen LogP contribution in [0.2, 0.25) is 5.15 Å². The van der Waals surface area contributed by atoms with Crippen molar-refractivity contribution in [2.24, 2.45) is 5.92 Å². The molecule has 0 spiro atoms. The van der Waals surface area contributed by atoms with Crippen LogP contribution in [-0.2, 0) is 14.0 Å². The first kappa shape index (κ1) is 23.2. The van der Waals surface area contributed by atoms with Crippen LogP contribution < -0.4 is 10.2 Å². The van der Waals surface area contributed by atoms with Gasteiger partial charge in [-0.15, -0.1) is 0 Å². The zero-order chi connectivity index (χ0) is 22.3. The largest absolute Gasteiger partial charge is 0.498 e. The fraction of sp³-hybridized carbons (Fsp3) is 0.714. The first-order valence-electron chi connectivity index (χ1n) is 10.4. The Morgan fingerprint density at radius 1 is 1.30 bits per heavy atom. The third-order valence-electron chi connectivity index (χ3n) is 5.77. The van der Waals surface area contributed by atoms with Gasteiger partial charge in [-0.25, -0.2) is 9.78 Å². The zero-order valence-corrected chi connectivity index (χ0v) is 19.7. The number of rotatable bonds is 4. The summed E-state index contributed by atoms with van der Waals surface area (Å²) >= 11 is 6.31. The van der Waals surface area contributed by atoms with Gasteiger partial charge in [0.25, 0.3) is 0 Å². The van der Waals surface area contributed by atoms with Gasteiger partial charge in [0.2, 0.25) is 0 Å². The molecule has 9 heteroatoms. The van der Waals surface area contributed by atoms with Gasteiger partial charge in [-0.1, -0.05) is 11.6 Å². The molecule has 3 heterocycles. The summed E-state index contributed by atoms with van der Waals surface area (Å²) in [7, 11) is -0.604. The SMILES string of the molecule is CC(C)(C)OC(=O)N1CCC(COc2cnc(Cl)c(B3OC(C)(C)C(C)(C)O3)c2)C1. The summed E-state index contributed by atoms with van der Waals surface area (Å²) in [5.74, 6) is 0.827. The lowest BCUT2D eigenvalue weighted by Gasteiger charge is -2.32. The molecule has 0 N–H and O–H groups in total. The number of hydrogen-bond donors (Lipinski definition) is 0. The number of aromatic nitrogens is 1. The maximum absolute atomic E-state index is 12.2. The number of pyridine rings is 1. The molecule has 2 aliphatic rings. The molecule has 1 aromatic heterocycles. The third-order valence-corrected chi connectivity index (χ3v) is 6.09. The Morgan fingerprint density at radius 3 is 2.53 bits per heavy atom. The summed E-state index contributed by atoms with van der Waals surface area (Å²) < 4.78 is 23.6. The van der Waals surface area contributed by atoms with E-state index in [2.05, 4.69) is 4.98 Å². The van der Waals surface area contributed by atoms with Gasteiger partial charge in [0.05, 0.1) is 24.0 Å². The average Bonchev–Trinajstić information content (AvgIpc) is 3.15. The topological polar surface area (TPSA) is 70.1 Å². The van der Waals surface area contributed by atoms with E-state index < -0.39 is 23.9 Å². The van der Waals surface area contributed by atoms with Crippen molar-refractivity contribution in [2.45, 2.75) is 71.7 Å². The van der Waals surface area contributed by atoms with E-state index in [1.807, 2.05) is 54.5 Å². The lowest BCUT2D eigenvalue weighted by Crippen LogP contribution is -2.41. The predicted molar refractivity (Wildman–Crippen MR) is 116 cm³/mol. The number of halogens is 1. The summed E-state index contributed by atoms with van der Waals surface area (Å²) in [6.07, 6.45) is 2.18. The monoisotopic (exact) mass is 438 g/mol. The predicted octanol–water partition coefficient (Wildman–Crippen LogP) is 3.67. The maximum Gasteiger partial charge on any atom is 0.498 e. The van der Waals surface area contributed by atoms with Crippen molar-refractivity contribution in [2.75, 3.05) is 19.7 Å². The summed E-state index contributed by atoms with van der Waals surface area (Å²) in [5, 5.41) is 0.331. The summed E-state index contributed by atoms with van der Waals surface area (Å²) in [4.78, 5) is 18.2. The first-order valence-corrected chi connectivity index (χ1v) is 10.8. The Morgan fingerprint density at radius 2 is 1.93 bits per heavy atom. The molecule has 2 aliphatic heterocycles. The molecule has 2 fully saturated rings. The van der Waals surface area contributed by atoms with Gasteiger partial charge in [0.1, 0.15) is 16.5 Å². The number of likely N-dealkylation sites (tertiary alicyclic amines) is 1. The molecule has 30 heavy (non-hydrogen) atoms. The van der Waals surface area contributed by atoms with Crippen LogP contribution in [0.15, 0.2) is 12.3 Å². The fourth-order valence-corrected chi connectivity index (χ4v) is 3.53. The van der Waals surface area contributed by atoms with Crippen molar-refractivity contribution in [1.82, 2.24) is 9.88 Å². The van der Waals surface area contributed by atoms with E-state index in [0.717, 1.165) is 6.42 Å². The molecule has 0 bridgehead atoms. The van der Waals surface area contributed by atoms with Gasteiger partial charge in [0.15, 0.2) is 0 Å². The molecule has 0 saturated carbocycles. The van der Waals surface area contributed by atoms with Crippen molar-refractivity contribution >= 4 is 30.3 Å². The van der Waals surface area contributed by atoms with Gasteiger partial charge in [-0.3, -0.25) is 0 Å². The van der Waals surface area contributed by atoms with Crippen molar-refractivity contribution in [3.63, 3.8) is 0 Å². The van der Waals surface area contributed by atoms with Crippen LogP contribution in [0.25, 0.3) is 0 Å². The number of carbonyl (C=O) groups excluding carboxylic acids is 1. The van der Waals surface area contributed by atoms with Crippen LogP contribution in [0.3, 0.4) is 0 Å². The van der Waals surface area contributed by atoms with E-state index in [-0.39, 0.29) is 12.0 Å². The highest BCUT2D eigenvalue weighted by Crippen LogP contribution is 2.37. The molecular weight excluding hydrogens is 407 g/mol. The van der Waals surface area contributed by atoms with E-state index >= 15 is 0 Å². The van der Waals surface area contributed by atoms with E-state index in [9.17, 15) is 4.79 Å². The lowest BCUT2D eigenvalue weighted by molar-refractivity contribution is 0.00578. The highest BCUT2D eigenvalue weighted by atomic mass is 35.5. The molecule has 1 aromatic rings. The Labute approximate surface area is 184 Å². The van der Waals surface area contributed by atoms with Gasteiger partial charge < -0.3 is 23.7 Å². The smallest absolute Gasteiger partial charge is 0.492 e. The summed E-state index contributed by atoms with van der Waals surface area (Å²) in [6.45, 7) is 15.3. The number of amides is 1. The first-order chi connectivity index (χ1) is 13.8. The Kier molecular flexibility index (Phi) is 6.34. The summed E-state index contributed by atoms with van der Waals surface area (Å²) in [5.41, 5.74) is -0.779. The van der Waals surface area contributed by atoms with Crippen molar-refractivity contribution in [3.05, 3.63) is 17.4 Å². The Balaban J connectivity index is 1.59. The van der Waals surface area contributed by atoms with Crippen LogP contribution in [0, 0.1) is 5.92 Å². The maximum atomic E-state index is 12.2. The van der Waals surface area contributed by atoms with Gasteiger partial charge in [-0.2, -0.15) is 0 Å². The molecule has 3 rings (SSSR count). The highest BCUT2D eigenvalue weighted by Gasteiger charge is 2.52. The number of carbonyl (C=O) groups is 1. The quantitative estimate of drug-likeness (QED) is 0.528. The van der Waals surface area contributed by atoms with Gasteiger partial charge in [-0.05, 0) is 61.0 Å². The molecule has 2 saturated heterocycles. The van der Waals surface area contributed by atoms with Crippen molar-refractivity contribution in [3.8, 4) is 5.75 Å². The van der Waals surface area contributed by atoms with Crippen LogP contribution in [0.1, 0.15) is 54.9 Å². The molecule has 0 aliphatic carbocycles.